The van der Waals surface area contributed by atoms with Crippen LogP contribution in [0.2, 0.25) is 5.02 Å². The van der Waals surface area contributed by atoms with Gasteiger partial charge in [-0.2, -0.15) is 0 Å². The maximum Gasteiger partial charge on any atom is 0.251 e. The summed E-state index contributed by atoms with van der Waals surface area (Å²) in [6.07, 6.45) is 3.12. The summed E-state index contributed by atoms with van der Waals surface area (Å²) in [4.78, 5) is 18.3. The third-order valence-electron chi connectivity index (χ3n) is 2.18. The number of aromatic amines is 1. The smallest absolute Gasteiger partial charge is 0.251 e. The zero-order chi connectivity index (χ0) is 12.3. The van der Waals surface area contributed by atoms with Crippen LogP contribution in [0.4, 0.5) is 4.39 Å². The van der Waals surface area contributed by atoms with E-state index in [9.17, 15) is 9.18 Å². The Morgan fingerprint density at radius 2 is 2.35 bits per heavy atom. The fourth-order valence-corrected chi connectivity index (χ4v) is 1.41. The van der Waals surface area contributed by atoms with Crippen LogP contribution in [0.25, 0.3) is 0 Å². The van der Waals surface area contributed by atoms with Gasteiger partial charge in [-0.05, 0) is 18.2 Å². The summed E-state index contributed by atoms with van der Waals surface area (Å²) in [5, 5.41) is 2.62. The topological polar surface area (TPSA) is 57.8 Å². The van der Waals surface area contributed by atoms with Crippen molar-refractivity contribution in [3.8, 4) is 0 Å². The molecule has 0 spiro atoms. The molecular weight excluding hydrogens is 245 g/mol. The van der Waals surface area contributed by atoms with Gasteiger partial charge in [-0.3, -0.25) is 4.79 Å². The second kappa shape index (κ2) is 4.97. The van der Waals surface area contributed by atoms with Crippen molar-refractivity contribution >= 4 is 17.5 Å². The monoisotopic (exact) mass is 253 g/mol. The van der Waals surface area contributed by atoms with Crippen molar-refractivity contribution in [3.63, 3.8) is 0 Å². The molecule has 0 unspecified atom stereocenters. The first kappa shape index (κ1) is 11.6. The van der Waals surface area contributed by atoms with Crippen LogP contribution in [-0.4, -0.2) is 15.9 Å². The van der Waals surface area contributed by atoms with Crippen molar-refractivity contribution < 1.29 is 9.18 Å². The number of halogens is 2. The molecule has 1 amide bonds. The van der Waals surface area contributed by atoms with Gasteiger partial charge in [0.15, 0.2) is 0 Å². The molecular formula is C11H9ClFN3O. The summed E-state index contributed by atoms with van der Waals surface area (Å²) in [5.41, 5.74) is 0.999. The number of carbonyl (C=O) groups excluding carboxylic acids is 1. The quantitative estimate of drug-likeness (QED) is 0.880. The SMILES string of the molecule is O=C(NCc1cnc[nH]1)c1ccc(Cl)c(F)c1. The van der Waals surface area contributed by atoms with E-state index in [1.165, 1.54) is 18.5 Å². The molecule has 2 rings (SSSR count). The van der Waals surface area contributed by atoms with Crippen molar-refractivity contribution in [3.05, 3.63) is 52.8 Å². The van der Waals surface area contributed by atoms with Gasteiger partial charge in [0, 0.05) is 11.8 Å². The summed E-state index contributed by atoms with van der Waals surface area (Å²) in [5.74, 6) is -0.976. The molecule has 0 aliphatic carbocycles. The average Bonchev–Trinajstić information content (AvgIpc) is 2.82. The number of nitrogens with one attached hydrogen (secondary N) is 2. The number of aromatic nitrogens is 2. The highest BCUT2D eigenvalue weighted by Crippen LogP contribution is 2.15. The van der Waals surface area contributed by atoms with Crippen molar-refractivity contribution in [2.45, 2.75) is 6.54 Å². The third-order valence-corrected chi connectivity index (χ3v) is 2.48. The second-order valence-corrected chi connectivity index (χ2v) is 3.80. The van der Waals surface area contributed by atoms with E-state index in [1.807, 2.05) is 0 Å². The minimum atomic E-state index is -0.610. The minimum Gasteiger partial charge on any atom is -0.347 e. The molecule has 0 saturated heterocycles. The van der Waals surface area contributed by atoms with Crippen molar-refractivity contribution in [2.24, 2.45) is 0 Å². The molecule has 0 aliphatic heterocycles. The fourth-order valence-electron chi connectivity index (χ4n) is 1.30. The largest absolute Gasteiger partial charge is 0.347 e. The normalized spacial score (nSPS) is 10.2. The Morgan fingerprint density at radius 1 is 1.53 bits per heavy atom. The number of carbonyl (C=O) groups is 1. The number of H-pyrrole nitrogens is 1. The first-order valence-corrected chi connectivity index (χ1v) is 5.25. The van der Waals surface area contributed by atoms with Gasteiger partial charge in [-0.1, -0.05) is 11.6 Å². The van der Waals surface area contributed by atoms with Crippen LogP contribution in [0.15, 0.2) is 30.7 Å². The van der Waals surface area contributed by atoms with Crippen molar-refractivity contribution in [2.75, 3.05) is 0 Å². The lowest BCUT2D eigenvalue weighted by atomic mass is 10.2. The predicted octanol–water partition coefficient (Wildman–Crippen LogP) is 2.13. The van der Waals surface area contributed by atoms with E-state index < -0.39 is 5.82 Å². The number of amides is 1. The summed E-state index contributed by atoms with van der Waals surface area (Å²) in [6.45, 7) is 0.309. The van der Waals surface area contributed by atoms with Crippen LogP contribution in [0.3, 0.4) is 0 Å². The van der Waals surface area contributed by atoms with Crippen LogP contribution in [0, 0.1) is 5.82 Å². The third kappa shape index (κ3) is 2.82. The number of hydrogen-bond donors (Lipinski definition) is 2. The van der Waals surface area contributed by atoms with Crippen LogP contribution in [0.5, 0.6) is 0 Å². The molecule has 17 heavy (non-hydrogen) atoms. The maximum absolute atomic E-state index is 13.1. The predicted molar refractivity (Wildman–Crippen MR) is 61.2 cm³/mol. The zero-order valence-electron chi connectivity index (χ0n) is 8.71. The lowest BCUT2D eigenvalue weighted by Crippen LogP contribution is -2.23. The number of rotatable bonds is 3. The average molecular weight is 254 g/mol. The van der Waals surface area contributed by atoms with Crippen molar-refractivity contribution in [1.82, 2.24) is 15.3 Å². The molecule has 2 aromatic rings. The number of benzene rings is 1. The molecule has 0 bridgehead atoms. The summed E-state index contributed by atoms with van der Waals surface area (Å²) in [7, 11) is 0. The molecule has 88 valence electrons. The van der Waals surface area contributed by atoms with E-state index in [0.717, 1.165) is 11.8 Å². The summed E-state index contributed by atoms with van der Waals surface area (Å²) in [6, 6.07) is 3.92. The maximum atomic E-state index is 13.1. The second-order valence-electron chi connectivity index (χ2n) is 3.39. The molecule has 0 saturated carbocycles. The molecule has 2 N–H and O–H groups in total. The van der Waals surface area contributed by atoms with E-state index in [2.05, 4.69) is 15.3 Å². The lowest BCUT2D eigenvalue weighted by Gasteiger charge is -2.04. The highest BCUT2D eigenvalue weighted by molar-refractivity contribution is 6.30. The van der Waals surface area contributed by atoms with Gasteiger partial charge in [0.1, 0.15) is 5.82 Å². The van der Waals surface area contributed by atoms with E-state index in [0.29, 0.717) is 6.54 Å². The molecule has 0 fully saturated rings. The summed E-state index contributed by atoms with van der Waals surface area (Å²) < 4.78 is 13.1. The van der Waals surface area contributed by atoms with Gasteiger partial charge in [0.2, 0.25) is 0 Å². The fraction of sp³-hybridized carbons (Fsp3) is 0.0909. The van der Waals surface area contributed by atoms with E-state index >= 15 is 0 Å². The molecule has 1 heterocycles. The van der Waals surface area contributed by atoms with Crippen LogP contribution < -0.4 is 5.32 Å². The minimum absolute atomic E-state index is 0.00452. The highest BCUT2D eigenvalue weighted by Gasteiger charge is 2.08. The number of hydrogen-bond acceptors (Lipinski definition) is 2. The standard InChI is InChI=1S/C11H9ClFN3O/c12-9-2-1-7(3-10(9)13)11(17)15-5-8-4-14-6-16-8/h1-4,6H,5H2,(H,14,16)(H,15,17). The highest BCUT2D eigenvalue weighted by atomic mass is 35.5. The Bertz CT molecular complexity index is 528. The van der Waals surface area contributed by atoms with Crippen molar-refractivity contribution in [1.29, 1.82) is 0 Å². The first-order valence-electron chi connectivity index (χ1n) is 4.87. The van der Waals surface area contributed by atoms with Gasteiger partial charge < -0.3 is 10.3 Å². The molecule has 1 aromatic heterocycles. The van der Waals surface area contributed by atoms with Crippen LogP contribution in [0.1, 0.15) is 16.1 Å². The Balaban J connectivity index is 2.02. The van der Waals surface area contributed by atoms with E-state index in [-0.39, 0.29) is 16.5 Å². The molecule has 0 atom stereocenters. The number of imidazole rings is 1. The van der Waals surface area contributed by atoms with Gasteiger partial charge in [-0.15, -0.1) is 0 Å². The summed E-state index contributed by atoms with van der Waals surface area (Å²) >= 11 is 5.52. The molecule has 4 nitrogen and oxygen atoms in total. The van der Waals surface area contributed by atoms with Gasteiger partial charge in [-0.25, -0.2) is 9.37 Å². The molecule has 1 aromatic carbocycles. The van der Waals surface area contributed by atoms with Gasteiger partial charge >= 0.3 is 0 Å². The number of nitrogens with zero attached hydrogens (tertiary/aromatic N) is 1. The van der Waals surface area contributed by atoms with E-state index in [4.69, 9.17) is 11.6 Å². The molecule has 0 radical (unpaired) electrons. The zero-order valence-corrected chi connectivity index (χ0v) is 9.46. The molecule has 0 aliphatic rings. The van der Waals surface area contributed by atoms with Crippen LogP contribution >= 0.6 is 11.6 Å². The Hall–Kier alpha value is -1.88. The Morgan fingerprint density at radius 3 is 3.00 bits per heavy atom. The van der Waals surface area contributed by atoms with Gasteiger partial charge in [0.05, 0.1) is 23.6 Å². The lowest BCUT2D eigenvalue weighted by molar-refractivity contribution is 0.0950. The molecule has 6 heteroatoms. The van der Waals surface area contributed by atoms with Crippen LogP contribution in [-0.2, 0) is 6.54 Å². The Labute approximate surface area is 102 Å². The van der Waals surface area contributed by atoms with E-state index in [1.54, 1.807) is 6.20 Å². The first-order chi connectivity index (χ1) is 8.16. The Kier molecular flexibility index (Phi) is 3.39. The van der Waals surface area contributed by atoms with Gasteiger partial charge in [0.25, 0.3) is 5.91 Å².